The average Bonchev–Trinajstić information content (AvgIpc) is 2.96. The quantitative estimate of drug-likeness (QED) is 0.798. The molecule has 2 heterocycles. The Morgan fingerprint density at radius 2 is 2.39 bits per heavy atom. The smallest absolute Gasteiger partial charge is 0.428 e. The van der Waals surface area contributed by atoms with Gasteiger partial charge in [-0.05, 0) is 12.8 Å². The zero-order valence-corrected chi connectivity index (χ0v) is 9.96. The van der Waals surface area contributed by atoms with Crippen molar-refractivity contribution in [3.63, 3.8) is 0 Å². The third-order valence-corrected chi connectivity index (χ3v) is 3.09. The maximum atomic E-state index is 12.8. The van der Waals surface area contributed by atoms with Gasteiger partial charge in [-0.15, -0.1) is 11.3 Å². The lowest BCUT2D eigenvalue weighted by Crippen LogP contribution is -2.43. The maximum Gasteiger partial charge on any atom is 0.428 e. The lowest BCUT2D eigenvalue weighted by atomic mass is 10.1. The van der Waals surface area contributed by atoms with E-state index < -0.39 is 24.4 Å². The molecule has 0 bridgehead atoms. The van der Waals surface area contributed by atoms with Gasteiger partial charge in [0.1, 0.15) is 6.10 Å². The third kappa shape index (κ3) is 2.99. The topological polar surface area (TPSA) is 48.4 Å². The van der Waals surface area contributed by atoms with Crippen LogP contribution in [-0.4, -0.2) is 35.9 Å². The van der Waals surface area contributed by atoms with Gasteiger partial charge in [0.05, 0.1) is 5.51 Å². The second-order valence-corrected chi connectivity index (χ2v) is 4.51. The highest BCUT2D eigenvalue weighted by atomic mass is 32.1. The lowest BCUT2D eigenvalue weighted by molar-refractivity contribution is -0.230. The second kappa shape index (κ2) is 5.23. The van der Waals surface area contributed by atoms with Crippen molar-refractivity contribution in [3.8, 4) is 0 Å². The highest BCUT2D eigenvalue weighted by molar-refractivity contribution is 7.07. The molecule has 18 heavy (non-hydrogen) atoms. The fourth-order valence-electron chi connectivity index (χ4n) is 1.68. The fraction of sp³-hybridized carbons (Fsp3) is 0.600. The van der Waals surface area contributed by atoms with Crippen molar-refractivity contribution in [2.45, 2.75) is 31.2 Å². The molecule has 0 spiro atoms. The Morgan fingerprint density at radius 1 is 1.61 bits per heavy atom. The molecule has 1 aromatic heterocycles. The van der Waals surface area contributed by atoms with E-state index in [9.17, 15) is 18.0 Å². The Morgan fingerprint density at radius 3 is 2.89 bits per heavy atom. The van der Waals surface area contributed by atoms with Gasteiger partial charge < -0.3 is 9.47 Å². The van der Waals surface area contributed by atoms with Gasteiger partial charge in [-0.2, -0.15) is 13.2 Å². The van der Waals surface area contributed by atoms with E-state index in [-0.39, 0.29) is 18.7 Å². The molecule has 8 heteroatoms. The van der Waals surface area contributed by atoms with Crippen LogP contribution < -0.4 is 0 Å². The molecule has 0 amide bonds. The van der Waals surface area contributed by atoms with Crippen LogP contribution >= 0.6 is 11.3 Å². The molecule has 0 N–H and O–H groups in total. The van der Waals surface area contributed by atoms with Gasteiger partial charge in [0, 0.05) is 12.0 Å². The van der Waals surface area contributed by atoms with Crippen LogP contribution in [0.2, 0.25) is 0 Å². The van der Waals surface area contributed by atoms with E-state index in [0.717, 1.165) is 11.3 Å². The van der Waals surface area contributed by atoms with Gasteiger partial charge >= 0.3 is 12.1 Å². The average molecular weight is 281 g/mol. The van der Waals surface area contributed by atoms with E-state index >= 15 is 0 Å². The summed E-state index contributed by atoms with van der Waals surface area (Å²) in [5, 5.41) is 1.34. The predicted molar refractivity (Wildman–Crippen MR) is 56.3 cm³/mol. The first-order valence-electron chi connectivity index (χ1n) is 5.26. The Kier molecular flexibility index (Phi) is 3.86. The van der Waals surface area contributed by atoms with Gasteiger partial charge in [0.25, 0.3) is 0 Å². The van der Waals surface area contributed by atoms with Crippen molar-refractivity contribution in [2.75, 3.05) is 6.61 Å². The van der Waals surface area contributed by atoms with Gasteiger partial charge in [0.15, 0.2) is 5.69 Å². The number of thiazole rings is 1. The Balaban J connectivity index is 2.08. The number of hydrogen-bond donors (Lipinski definition) is 0. The molecule has 0 aromatic carbocycles. The number of carbonyl (C=O) groups is 1. The van der Waals surface area contributed by atoms with Crippen molar-refractivity contribution < 1.29 is 27.4 Å². The molecule has 100 valence electrons. The number of nitrogens with zero attached hydrogens (tertiary/aromatic N) is 1. The zero-order valence-electron chi connectivity index (χ0n) is 9.14. The number of carbonyl (C=O) groups excluding carboxylic acids is 1. The highest BCUT2D eigenvalue weighted by Crippen LogP contribution is 2.31. The molecule has 4 nitrogen and oxygen atoms in total. The Hall–Kier alpha value is -1.15. The molecule has 1 aliphatic rings. The molecule has 2 rings (SSSR count). The molecule has 2 atom stereocenters. The van der Waals surface area contributed by atoms with Crippen LogP contribution in [0.1, 0.15) is 23.3 Å². The molecule has 1 fully saturated rings. The van der Waals surface area contributed by atoms with Gasteiger partial charge in [-0.25, -0.2) is 9.78 Å². The summed E-state index contributed by atoms with van der Waals surface area (Å²) < 4.78 is 47.8. The van der Waals surface area contributed by atoms with Crippen molar-refractivity contribution in [2.24, 2.45) is 0 Å². The number of hydrogen-bond acceptors (Lipinski definition) is 5. The number of aromatic nitrogens is 1. The lowest BCUT2D eigenvalue weighted by Gasteiger charge is -2.24. The molecule has 1 aromatic rings. The Bertz CT molecular complexity index is 401. The number of ether oxygens (including phenoxy) is 2. The molecular weight excluding hydrogens is 271 g/mol. The van der Waals surface area contributed by atoms with E-state index in [1.54, 1.807) is 0 Å². The monoisotopic (exact) mass is 281 g/mol. The summed E-state index contributed by atoms with van der Waals surface area (Å²) in [6.07, 6.45) is -7.22. The van der Waals surface area contributed by atoms with E-state index in [1.807, 2.05) is 0 Å². The summed E-state index contributed by atoms with van der Waals surface area (Å²) >= 11 is 1.11. The maximum absolute atomic E-state index is 12.8. The molecule has 0 aliphatic carbocycles. The van der Waals surface area contributed by atoms with E-state index in [4.69, 9.17) is 4.74 Å². The summed E-state index contributed by atoms with van der Waals surface area (Å²) in [4.78, 5) is 15.1. The second-order valence-electron chi connectivity index (χ2n) is 3.79. The number of halogens is 3. The van der Waals surface area contributed by atoms with Crippen molar-refractivity contribution in [1.82, 2.24) is 4.98 Å². The first kappa shape index (κ1) is 13.3. The summed E-state index contributed by atoms with van der Waals surface area (Å²) in [6.45, 7) is 0.255. The van der Waals surface area contributed by atoms with Crippen molar-refractivity contribution in [3.05, 3.63) is 16.6 Å². The molecule has 0 saturated carbocycles. The minimum atomic E-state index is -4.64. The van der Waals surface area contributed by atoms with Gasteiger partial charge in [-0.1, -0.05) is 0 Å². The minimum Gasteiger partial charge on any atom is -0.445 e. The Labute approximate surface area is 105 Å². The minimum absolute atomic E-state index is 0.118. The van der Waals surface area contributed by atoms with Crippen molar-refractivity contribution in [1.29, 1.82) is 0 Å². The van der Waals surface area contributed by atoms with Crippen LogP contribution in [0, 0.1) is 0 Å². The number of rotatable bonds is 3. The summed E-state index contributed by atoms with van der Waals surface area (Å²) in [7, 11) is 0. The molecule has 0 unspecified atom stereocenters. The standard InChI is InChI=1S/C10H10F3NO3S/c11-10(12,13)8(7-2-1-3-16-7)17-9(15)6-4-18-5-14-6/h4-5,7-8H,1-3H2/t7-,8+/m0/s1. The number of esters is 1. The summed E-state index contributed by atoms with van der Waals surface area (Å²) in [5.41, 5.74) is 1.23. The SMILES string of the molecule is O=C(O[C@H]([C@@H]1CCCO1)C(F)(F)F)c1cscn1. The van der Waals surface area contributed by atoms with Gasteiger partial charge in [0.2, 0.25) is 6.10 Å². The summed E-state index contributed by atoms with van der Waals surface area (Å²) in [5.74, 6) is -1.07. The van der Waals surface area contributed by atoms with Crippen LogP contribution in [0.3, 0.4) is 0 Å². The third-order valence-electron chi connectivity index (χ3n) is 2.50. The number of alkyl halides is 3. The zero-order chi connectivity index (χ0) is 13.2. The highest BCUT2D eigenvalue weighted by Gasteiger charge is 2.49. The fourth-order valence-corrected chi connectivity index (χ4v) is 2.21. The van der Waals surface area contributed by atoms with Crippen LogP contribution in [0.4, 0.5) is 13.2 Å². The predicted octanol–water partition coefficient (Wildman–Crippen LogP) is 2.41. The molecular formula is C10H10F3NO3S. The normalized spacial score (nSPS) is 21.8. The first-order chi connectivity index (χ1) is 8.48. The molecule has 0 radical (unpaired) electrons. The van der Waals surface area contributed by atoms with Crippen molar-refractivity contribution >= 4 is 17.3 Å². The van der Waals surface area contributed by atoms with Crippen LogP contribution in [0.15, 0.2) is 10.9 Å². The van der Waals surface area contributed by atoms with Crippen LogP contribution in [0.5, 0.6) is 0 Å². The summed E-state index contributed by atoms with van der Waals surface area (Å²) in [6, 6.07) is 0. The van der Waals surface area contributed by atoms with E-state index in [2.05, 4.69) is 9.72 Å². The van der Waals surface area contributed by atoms with E-state index in [0.29, 0.717) is 6.42 Å². The molecule has 1 saturated heterocycles. The molecule has 1 aliphatic heterocycles. The first-order valence-corrected chi connectivity index (χ1v) is 6.20. The van der Waals surface area contributed by atoms with E-state index in [1.165, 1.54) is 10.9 Å². The van der Waals surface area contributed by atoms with Crippen LogP contribution in [-0.2, 0) is 9.47 Å². The largest absolute Gasteiger partial charge is 0.445 e. The van der Waals surface area contributed by atoms with Gasteiger partial charge in [-0.3, -0.25) is 0 Å². The van der Waals surface area contributed by atoms with Crippen LogP contribution in [0.25, 0.3) is 0 Å².